The van der Waals surface area contributed by atoms with Crippen molar-refractivity contribution in [3.63, 3.8) is 0 Å². The molecule has 0 saturated carbocycles. The van der Waals surface area contributed by atoms with E-state index < -0.39 is 11.4 Å². The second kappa shape index (κ2) is 6.02. The second-order valence-corrected chi connectivity index (χ2v) is 6.65. The molecule has 2 aliphatic heterocycles. The first-order valence-electron chi connectivity index (χ1n) is 7.56. The summed E-state index contributed by atoms with van der Waals surface area (Å²) in [7, 11) is 0. The Morgan fingerprint density at radius 2 is 2.26 bits per heavy atom. The van der Waals surface area contributed by atoms with E-state index in [1.807, 2.05) is 19.1 Å². The molecule has 2 N–H and O–H groups in total. The number of nitrogens with zero attached hydrogens (tertiary/aromatic N) is 1. The molecule has 1 aromatic rings. The topological polar surface area (TPSA) is 78.9 Å². The molecule has 23 heavy (non-hydrogen) atoms. The molecular weight excluding hydrogens is 320 g/mol. The highest BCUT2D eigenvalue weighted by molar-refractivity contribution is 6.33. The SMILES string of the molecule is Cc1cccc(Cl)c1NC(=O)N1C[C@@H]2CCOC[C@]2(C(=O)O)C1. The van der Waals surface area contributed by atoms with Crippen molar-refractivity contribution in [1.29, 1.82) is 0 Å². The highest BCUT2D eigenvalue weighted by atomic mass is 35.5. The van der Waals surface area contributed by atoms with Crippen LogP contribution in [-0.4, -0.2) is 48.3 Å². The van der Waals surface area contributed by atoms with Crippen LogP contribution in [0.2, 0.25) is 5.02 Å². The Hall–Kier alpha value is -1.79. The zero-order valence-electron chi connectivity index (χ0n) is 12.8. The molecule has 124 valence electrons. The lowest BCUT2D eigenvalue weighted by molar-refractivity contribution is -0.159. The average Bonchev–Trinajstić information content (AvgIpc) is 2.92. The summed E-state index contributed by atoms with van der Waals surface area (Å²) in [5.41, 5.74) is 0.430. The number of aryl methyl sites for hydroxylation is 1. The van der Waals surface area contributed by atoms with Crippen molar-refractivity contribution >= 4 is 29.3 Å². The molecule has 3 rings (SSSR count). The summed E-state index contributed by atoms with van der Waals surface area (Å²) in [5.74, 6) is -0.974. The summed E-state index contributed by atoms with van der Waals surface area (Å²) in [5, 5.41) is 12.9. The van der Waals surface area contributed by atoms with E-state index in [0.29, 0.717) is 30.3 Å². The van der Waals surface area contributed by atoms with E-state index >= 15 is 0 Å². The number of para-hydroxylation sites is 1. The Labute approximate surface area is 139 Å². The number of amides is 2. The summed E-state index contributed by atoms with van der Waals surface area (Å²) >= 11 is 6.13. The number of hydrogen-bond acceptors (Lipinski definition) is 3. The van der Waals surface area contributed by atoms with Crippen molar-refractivity contribution in [1.82, 2.24) is 4.90 Å². The Morgan fingerprint density at radius 3 is 2.91 bits per heavy atom. The number of benzene rings is 1. The highest BCUT2D eigenvalue weighted by Gasteiger charge is 2.55. The van der Waals surface area contributed by atoms with Crippen LogP contribution in [0.15, 0.2) is 18.2 Å². The minimum Gasteiger partial charge on any atom is -0.481 e. The monoisotopic (exact) mass is 338 g/mol. The first kappa shape index (κ1) is 16.1. The number of carbonyl (C=O) groups excluding carboxylic acids is 1. The zero-order valence-corrected chi connectivity index (χ0v) is 13.6. The van der Waals surface area contributed by atoms with E-state index in [-0.39, 0.29) is 25.1 Å². The van der Waals surface area contributed by atoms with E-state index in [9.17, 15) is 14.7 Å². The van der Waals surface area contributed by atoms with Gasteiger partial charge in [0, 0.05) is 19.7 Å². The third-order valence-corrected chi connectivity index (χ3v) is 5.15. The van der Waals surface area contributed by atoms with Crippen LogP contribution in [0.1, 0.15) is 12.0 Å². The van der Waals surface area contributed by atoms with Gasteiger partial charge in [0.15, 0.2) is 0 Å². The number of hydrogen-bond donors (Lipinski definition) is 2. The number of aliphatic carboxylic acids is 1. The molecule has 7 heteroatoms. The molecule has 1 aromatic carbocycles. The van der Waals surface area contributed by atoms with Crippen LogP contribution in [0.25, 0.3) is 0 Å². The molecule has 2 fully saturated rings. The van der Waals surface area contributed by atoms with E-state index in [1.165, 1.54) is 0 Å². The number of carboxylic acid groups (broad SMARTS) is 1. The molecule has 2 amide bonds. The maximum Gasteiger partial charge on any atom is 0.321 e. The second-order valence-electron chi connectivity index (χ2n) is 6.24. The third kappa shape index (κ3) is 2.77. The Kier molecular flexibility index (Phi) is 4.21. The fraction of sp³-hybridized carbons (Fsp3) is 0.500. The molecule has 6 nitrogen and oxygen atoms in total. The van der Waals surface area contributed by atoms with Gasteiger partial charge >= 0.3 is 12.0 Å². The fourth-order valence-corrected chi connectivity index (χ4v) is 3.69. The van der Waals surface area contributed by atoms with Gasteiger partial charge in [-0.1, -0.05) is 23.7 Å². The molecule has 0 unspecified atom stereocenters. The van der Waals surface area contributed by atoms with Crippen molar-refractivity contribution < 1.29 is 19.4 Å². The molecule has 0 bridgehead atoms. The van der Waals surface area contributed by atoms with Crippen LogP contribution in [0.3, 0.4) is 0 Å². The molecule has 0 radical (unpaired) electrons. The van der Waals surface area contributed by atoms with E-state index in [4.69, 9.17) is 16.3 Å². The predicted octanol–water partition coefficient (Wildman–Crippen LogP) is 2.60. The molecule has 2 saturated heterocycles. The molecule has 2 heterocycles. The molecule has 0 aromatic heterocycles. The van der Waals surface area contributed by atoms with E-state index in [1.54, 1.807) is 11.0 Å². The van der Waals surface area contributed by atoms with Gasteiger partial charge in [-0.2, -0.15) is 0 Å². The van der Waals surface area contributed by atoms with Gasteiger partial charge in [0.1, 0.15) is 5.41 Å². The van der Waals surface area contributed by atoms with Crippen LogP contribution in [0.4, 0.5) is 10.5 Å². The Balaban J connectivity index is 1.78. The minimum absolute atomic E-state index is 0.0770. The molecule has 0 aliphatic carbocycles. The zero-order chi connectivity index (χ0) is 16.6. The number of carbonyl (C=O) groups is 2. The van der Waals surface area contributed by atoms with Gasteiger partial charge in [0.2, 0.25) is 0 Å². The largest absolute Gasteiger partial charge is 0.481 e. The van der Waals surface area contributed by atoms with Gasteiger partial charge in [-0.3, -0.25) is 4.79 Å². The number of carboxylic acids is 1. The summed E-state index contributed by atoms with van der Waals surface area (Å²) in [6.07, 6.45) is 0.654. The number of ether oxygens (including phenoxy) is 1. The lowest BCUT2D eigenvalue weighted by Crippen LogP contribution is -2.46. The van der Waals surface area contributed by atoms with Crippen LogP contribution >= 0.6 is 11.6 Å². The fourth-order valence-electron chi connectivity index (χ4n) is 3.42. The Morgan fingerprint density at radius 1 is 1.48 bits per heavy atom. The summed E-state index contributed by atoms with van der Waals surface area (Å²) < 4.78 is 5.37. The Bertz CT molecular complexity index is 631. The first-order chi connectivity index (χ1) is 10.9. The van der Waals surface area contributed by atoms with Crippen molar-refractivity contribution in [3.8, 4) is 0 Å². The van der Waals surface area contributed by atoms with Crippen LogP contribution in [0.5, 0.6) is 0 Å². The van der Waals surface area contributed by atoms with Gasteiger partial charge in [-0.05, 0) is 30.9 Å². The highest BCUT2D eigenvalue weighted by Crippen LogP contribution is 2.42. The van der Waals surface area contributed by atoms with Crippen LogP contribution in [0, 0.1) is 18.3 Å². The van der Waals surface area contributed by atoms with Crippen LogP contribution < -0.4 is 5.32 Å². The number of urea groups is 1. The van der Waals surface area contributed by atoms with Crippen molar-refractivity contribution in [2.45, 2.75) is 13.3 Å². The van der Waals surface area contributed by atoms with Gasteiger partial charge < -0.3 is 20.1 Å². The predicted molar refractivity (Wildman–Crippen MR) is 85.8 cm³/mol. The number of nitrogens with one attached hydrogen (secondary N) is 1. The molecule has 2 aliphatic rings. The lowest BCUT2D eigenvalue weighted by Gasteiger charge is -2.33. The lowest BCUT2D eigenvalue weighted by atomic mass is 9.76. The van der Waals surface area contributed by atoms with Gasteiger partial charge in [-0.15, -0.1) is 0 Å². The maximum atomic E-state index is 12.5. The number of anilines is 1. The number of likely N-dealkylation sites (tertiary alicyclic amines) is 1. The quantitative estimate of drug-likeness (QED) is 0.868. The van der Waals surface area contributed by atoms with E-state index in [2.05, 4.69) is 5.32 Å². The van der Waals surface area contributed by atoms with Gasteiger partial charge in [0.25, 0.3) is 0 Å². The van der Waals surface area contributed by atoms with Crippen molar-refractivity contribution in [2.24, 2.45) is 11.3 Å². The van der Waals surface area contributed by atoms with Crippen LogP contribution in [-0.2, 0) is 9.53 Å². The average molecular weight is 339 g/mol. The number of halogens is 1. The minimum atomic E-state index is -0.995. The van der Waals surface area contributed by atoms with Gasteiger partial charge in [-0.25, -0.2) is 4.79 Å². The molecular formula is C16H19ClN2O4. The number of fused-ring (bicyclic) bond motifs is 1. The maximum absolute atomic E-state index is 12.5. The molecule has 2 atom stereocenters. The van der Waals surface area contributed by atoms with Crippen molar-refractivity contribution in [3.05, 3.63) is 28.8 Å². The summed E-state index contributed by atoms with van der Waals surface area (Å²) in [6.45, 7) is 3.13. The van der Waals surface area contributed by atoms with E-state index in [0.717, 1.165) is 5.56 Å². The first-order valence-corrected chi connectivity index (χ1v) is 7.94. The smallest absolute Gasteiger partial charge is 0.321 e. The normalized spacial score (nSPS) is 26.7. The van der Waals surface area contributed by atoms with Gasteiger partial charge in [0.05, 0.1) is 17.3 Å². The summed E-state index contributed by atoms with van der Waals surface area (Å²) in [6, 6.07) is 5.06. The molecule has 0 spiro atoms. The van der Waals surface area contributed by atoms with Crippen molar-refractivity contribution in [2.75, 3.05) is 31.6 Å². The number of rotatable bonds is 2. The third-order valence-electron chi connectivity index (χ3n) is 4.83. The standard InChI is InChI=1S/C16H19ClN2O4/c1-10-3-2-4-12(17)13(10)18-15(22)19-7-11-5-6-23-9-16(11,8-19)14(20)21/h2-4,11H,5-9H2,1H3,(H,18,22)(H,20,21)/t11-,16+/m0/s1. The summed E-state index contributed by atoms with van der Waals surface area (Å²) in [4.78, 5) is 25.8.